The molecule has 0 aliphatic heterocycles. The van der Waals surface area contributed by atoms with Gasteiger partial charge in [-0.15, -0.1) is 11.8 Å². The Kier molecular flexibility index (Phi) is 6.93. The van der Waals surface area contributed by atoms with Crippen LogP contribution in [-0.4, -0.2) is 12.3 Å². The quantitative estimate of drug-likeness (QED) is 0.587. The summed E-state index contributed by atoms with van der Waals surface area (Å²) in [6, 6.07) is 6.30. The van der Waals surface area contributed by atoms with Crippen molar-refractivity contribution in [2.24, 2.45) is 5.73 Å². The minimum atomic E-state index is 0.655. The van der Waals surface area contributed by atoms with Crippen molar-refractivity contribution in [3.8, 4) is 0 Å². The molecule has 3 heteroatoms. The molecule has 0 bridgehead atoms. The summed E-state index contributed by atoms with van der Waals surface area (Å²) in [6.45, 7) is 2.88. The van der Waals surface area contributed by atoms with Gasteiger partial charge in [0.1, 0.15) is 0 Å². The maximum atomic E-state index is 6.18. The lowest BCUT2D eigenvalue weighted by Gasteiger charge is -2.06. The van der Waals surface area contributed by atoms with E-state index < -0.39 is 0 Å². The third-order valence-electron chi connectivity index (χ3n) is 2.45. The van der Waals surface area contributed by atoms with Gasteiger partial charge < -0.3 is 5.73 Å². The Balaban J connectivity index is 2.46. The lowest BCUT2D eigenvalue weighted by atomic mass is 10.1. The van der Waals surface area contributed by atoms with Crippen LogP contribution in [0.1, 0.15) is 31.7 Å². The zero-order valence-electron chi connectivity index (χ0n) is 9.84. The summed E-state index contributed by atoms with van der Waals surface area (Å²) >= 11 is 8.06. The molecule has 0 spiro atoms. The van der Waals surface area contributed by atoms with Gasteiger partial charge in [-0.05, 0) is 42.8 Å². The van der Waals surface area contributed by atoms with Crippen molar-refractivity contribution in [2.75, 3.05) is 12.3 Å². The fourth-order valence-corrected chi connectivity index (χ4v) is 2.81. The molecule has 0 aliphatic rings. The van der Waals surface area contributed by atoms with E-state index in [1.807, 2.05) is 11.8 Å². The highest BCUT2D eigenvalue weighted by molar-refractivity contribution is 7.99. The Hall–Kier alpha value is -0.180. The minimum absolute atomic E-state index is 0.655. The topological polar surface area (TPSA) is 26.0 Å². The summed E-state index contributed by atoms with van der Waals surface area (Å²) in [5.41, 5.74) is 6.67. The fourth-order valence-electron chi connectivity index (χ4n) is 1.52. The number of rotatable bonds is 7. The van der Waals surface area contributed by atoms with Gasteiger partial charge in [-0.1, -0.05) is 37.4 Å². The Morgan fingerprint density at radius 3 is 2.75 bits per heavy atom. The molecule has 0 aromatic heterocycles. The molecule has 90 valence electrons. The van der Waals surface area contributed by atoms with Crippen LogP contribution in [0, 0.1) is 0 Å². The summed E-state index contributed by atoms with van der Waals surface area (Å²) in [7, 11) is 0. The first-order valence-electron chi connectivity index (χ1n) is 5.89. The van der Waals surface area contributed by atoms with Crippen LogP contribution in [0.5, 0.6) is 0 Å². The molecular weight excluding hydrogens is 238 g/mol. The first kappa shape index (κ1) is 13.9. The largest absolute Gasteiger partial charge is 0.330 e. The highest BCUT2D eigenvalue weighted by Crippen LogP contribution is 2.26. The SMILES string of the molecule is CCCCCSc1ccc(CCN)c(Cl)c1. The molecule has 16 heavy (non-hydrogen) atoms. The van der Waals surface area contributed by atoms with Gasteiger partial charge >= 0.3 is 0 Å². The van der Waals surface area contributed by atoms with Crippen molar-refractivity contribution in [1.29, 1.82) is 0 Å². The molecule has 0 radical (unpaired) electrons. The van der Waals surface area contributed by atoms with Crippen molar-refractivity contribution < 1.29 is 0 Å². The van der Waals surface area contributed by atoms with Crippen LogP contribution in [-0.2, 0) is 6.42 Å². The first-order valence-corrected chi connectivity index (χ1v) is 7.25. The zero-order valence-corrected chi connectivity index (χ0v) is 11.4. The fraction of sp³-hybridized carbons (Fsp3) is 0.538. The second-order valence-electron chi connectivity index (χ2n) is 3.85. The molecule has 0 fully saturated rings. The smallest absolute Gasteiger partial charge is 0.0449 e. The molecule has 2 N–H and O–H groups in total. The summed E-state index contributed by atoms with van der Waals surface area (Å²) < 4.78 is 0. The number of unbranched alkanes of at least 4 members (excludes halogenated alkanes) is 2. The number of hydrogen-bond acceptors (Lipinski definition) is 2. The molecule has 0 aliphatic carbocycles. The first-order chi connectivity index (χ1) is 7.77. The Labute approximate surface area is 108 Å². The summed E-state index contributed by atoms with van der Waals surface area (Å²) in [6.07, 6.45) is 4.73. The van der Waals surface area contributed by atoms with Gasteiger partial charge in [-0.3, -0.25) is 0 Å². The van der Waals surface area contributed by atoms with Gasteiger partial charge in [0.05, 0.1) is 0 Å². The number of hydrogen-bond donors (Lipinski definition) is 1. The van der Waals surface area contributed by atoms with E-state index in [0.717, 1.165) is 17.0 Å². The van der Waals surface area contributed by atoms with Crippen molar-refractivity contribution >= 4 is 23.4 Å². The van der Waals surface area contributed by atoms with Crippen LogP contribution >= 0.6 is 23.4 Å². The zero-order chi connectivity index (χ0) is 11.8. The third-order valence-corrected chi connectivity index (χ3v) is 3.89. The molecular formula is C13H20ClNS. The number of halogens is 1. The molecule has 0 saturated heterocycles. The molecule has 0 saturated carbocycles. The molecule has 0 atom stereocenters. The number of benzene rings is 1. The van der Waals surface area contributed by atoms with E-state index in [9.17, 15) is 0 Å². The predicted octanol–water partition coefficient (Wildman–Crippen LogP) is 4.12. The van der Waals surface area contributed by atoms with E-state index in [1.165, 1.54) is 29.9 Å². The van der Waals surface area contributed by atoms with Crippen LogP contribution < -0.4 is 5.73 Å². The van der Waals surface area contributed by atoms with Crippen molar-refractivity contribution in [3.63, 3.8) is 0 Å². The normalized spacial score (nSPS) is 10.7. The number of nitrogens with two attached hydrogens (primary N) is 1. The summed E-state index contributed by atoms with van der Waals surface area (Å²) in [5, 5.41) is 0.853. The summed E-state index contributed by atoms with van der Waals surface area (Å²) in [5.74, 6) is 1.18. The Bertz CT molecular complexity index is 315. The van der Waals surface area contributed by atoms with E-state index in [0.29, 0.717) is 6.54 Å². The van der Waals surface area contributed by atoms with Gasteiger partial charge in [0, 0.05) is 9.92 Å². The average Bonchev–Trinajstić information content (AvgIpc) is 2.28. The van der Waals surface area contributed by atoms with Crippen molar-refractivity contribution in [1.82, 2.24) is 0 Å². The van der Waals surface area contributed by atoms with Gasteiger partial charge in [0.2, 0.25) is 0 Å². The number of thioether (sulfide) groups is 1. The lowest BCUT2D eigenvalue weighted by molar-refractivity contribution is 0.778. The Morgan fingerprint density at radius 2 is 2.12 bits per heavy atom. The van der Waals surface area contributed by atoms with Gasteiger partial charge in [0.25, 0.3) is 0 Å². The second kappa shape index (κ2) is 7.99. The lowest BCUT2D eigenvalue weighted by Crippen LogP contribution is -2.03. The van der Waals surface area contributed by atoms with Crippen molar-refractivity contribution in [2.45, 2.75) is 37.5 Å². The predicted molar refractivity (Wildman–Crippen MR) is 74.5 cm³/mol. The highest BCUT2D eigenvalue weighted by atomic mass is 35.5. The molecule has 1 aromatic carbocycles. The molecule has 1 rings (SSSR count). The van der Waals surface area contributed by atoms with E-state index in [-0.39, 0.29) is 0 Å². The van der Waals surface area contributed by atoms with E-state index in [2.05, 4.69) is 25.1 Å². The molecule has 0 unspecified atom stereocenters. The van der Waals surface area contributed by atoms with Gasteiger partial charge in [-0.25, -0.2) is 0 Å². The van der Waals surface area contributed by atoms with Crippen LogP contribution in [0.25, 0.3) is 0 Å². The third kappa shape index (κ3) is 4.77. The second-order valence-corrected chi connectivity index (χ2v) is 5.42. The average molecular weight is 258 g/mol. The van der Waals surface area contributed by atoms with Crippen LogP contribution in [0.4, 0.5) is 0 Å². The highest BCUT2D eigenvalue weighted by Gasteiger charge is 2.01. The van der Waals surface area contributed by atoms with Crippen LogP contribution in [0.15, 0.2) is 23.1 Å². The van der Waals surface area contributed by atoms with E-state index in [1.54, 1.807) is 0 Å². The molecule has 1 nitrogen and oxygen atoms in total. The van der Waals surface area contributed by atoms with E-state index in [4.69, 9.17) is 17.3 Å². The minimum Gasteiger partial charge on any atom is -0.330 e. The summed E-state index contributed by atoms with van der Waals surface area (Å²) in [4.78, 5) is 1.27. The standard InChI is InChI=1S/C13H20ClNS/c1-2-3-4-9-16-12-6-5-11(7-8-15)13(14)10-12/h5-6,10H,2-4,7-9,15H2,1H3. The molecule has 0 heterocycles. The maximum absolute atomic E-state index is 6.18. The molecule has 0 amide bonds. The van der Waals surface area contributed by atoms with Crippen LogP contribution in [0.3, 0.4) is 0 Å². The molecule has 1 aromatic rings. The van der Waals surface area contributed by atoms with Gasteiger partial charge in [0.15, 0.2) is 0 Å². The Morgan fingerprint density at radius 1 is 1.31 bits per heavy atom. The van der Waals surface area contributed by atoms with Crippen molar-refractivity contribution in [3.05, 3.63) is 28.8 Å². The van der Waals surface area contributed by atoms with E-state index >= 15 is 0 Å². The maximum Gasteiger partial charge on any atom is 0.0449 e. The van der Waals surface area contributed by atoms with Crippen LogP contribution in [0.2, 0.25) is 5.02 Å². The monoisotopic (exact) mass is 257 g/mol. The van der Waals surface area contributed by atoms with Gasteiger partial charge in [-0.2, -0.15) is 0 Å².